The van der Waals surface area contributed by atoms with E-state index in [1.807, 2.05) is 58.0 Å². The molecule has 2 N–H and O–H groups in total. The highest BCUT2D eigenvalue weighted by Gasteiger charge is 2.35. The summed E-state index contributed by atoms with van der Waals surface area (Å²) in [6.07, 6.45) is 0.181. The maximum absolute atomic E-state index is 12.9. The van der Waals surface area contributed by atoms with E-state index >= 15 is 0 Å². The van der Waals surface area contributed by atoms with Gasteiger partial charge in [-0.3, -0.25) is 14.4 Å². The number of aromatic amines is 1. The Hall–Kier alpha value is -3.41. The van der Waals surface area contributed by atoms with Crippen LogP contribution in [-0.4, -0.2) is 23.3 Å². The normalized spacial score (nSPS) is 16.4. The predicted octanol–water partition coefficient (Wildman–Crippen LogP) is 4.26. The van der Waals surface area contributed by atoms with Gasteiger partial charge in [0.1, 0.15) is 0 Å². The molecule has 1 unspecified atom stereocenters. The average molecular weight is 418 g/mol. The first kappa shape index (κ1) is 20.8. The number of carbonyl (C=O) groups excluding carboxylic acids is 2. The third kappa shape index (κ3) is 4.10. The molecule has 0 saturated carbocycles. The maximum Gasteiger partial charge on any atom is 0.248 e. The largest absolute Gasteiger partial charge is 0.326 e. The molecule has 2 amide bonds. The summed E-state index contributed by atoms with van der Waals surface area (Å²) in [5.74, 6) is -0.453. The smallest absolute Gasteiger partial charge is 0.248 e. The summed E-state index contributed by atoms with van der Waals surface area (Å²) in [4.78, 5) is 42.0. The first-order valence-corrected chi connectivity index (χ1v) is 10.6. The minimum absolute atomic E-state index is 0.0483. The fourth-order valence-corrected chi connectivity index (χ4v) is 4.11. The SMILES string of the molecule is Cc1ccc(N2CC(C(=O)Nc3ccc4c(C(C)C)cc(=O)[nH]c4c3)CC2=O)cc1C. The van der Waals surface area contributed by atoms with Gasteiger partial charge in [0, 0.05) is 35.8 Å². The number of pyridine rings is 1. The van der Waals surface area contributed by atoms with Gasteiger partial charge in [0.15, 0.2) is 0 Å². The van der Waals surface area contributed by atoms with Gasteiger partial charge in [0.2, 0.25) is 17.4 Å². The molecule has 2 heterocycles. The van der Waals surface area contributed by atoms with Crippen LogP contribution < -0.4 is 15.8 Å². The van der Waals surface area contributed by atoms with Crippen molar-refractivity contribution in [2.45, 2.75) is 40.0 Å². The number of rotatable bonds is 4. The standard InChI is InChI=1S/C25H27N3O3/c1-14(2)21-12-23(29)27-22-11-18(6-8-20(21)22)26-25(31)17-10-24(30)28(13-17)19-7-5-15(3)16(4)9-19/h5-9,11-12,14,17H,10,13H2,1-4H3,(H,26,31)(H,27,29). The minimum Gasteiger partial charge on any atom is -0.326 e. The molecule has 6 heteroatoms. The minimum atomic E-state index is -0.425. The van der Waals surface area contributed by atoms with Crippen molar-refractivity contribution in [2.24, 2.45) is 5.92 Å². The number of amides is 2. The zero-order chi connectivity index (χ0) is 22.3. The molecule has 0 spiro atoms. The molecule has 6 nitrogen and oxygen atoms in total. The van der Waals surface area contributed by atoms with Crippen molar-refractivity contribution in [3.8, 4) is 0 Å². The molecule has 0 radical (unpaired) electrons. The molecule has 1 fully saturated rings. The van der Waals surface area contributed by atoms with Crippen LogP contribution in [-0.2, 0) is 9.59 Å². The first-order chi connectivity index (χ1) is 14.7. The molecule has 1 aliphatic rings. The van der Waals surface area contributed by atoms with Gasteiger partial charge in [-0.2, -0.15) is 0 Å². The lowest BCUT2D eigenvalue weighted by Crippen LogP contribution is -2.28. The van der Waals surface area contributed by atoms with Crippen LogP contribution in [0.2, 0.25) is 0 Å². The highest BCUT2D eigenvalue weighted by molar-refractivity contribution is 6.04. The van der Waals surface area contributed by atoms with E-state index in [4.69, 9.17) is 0 Å². The number of aryl methyl sites for hydroxylation is 2. The number of benzene rings is 2. The molecular formula is C25H27N3O3. The molecule has 1 aliphatic heterocycles. The van der Waals surface area contributed by atoms with Crippen LogP contribution in [0.3, 0.4) is 0 Å². The topological polar surface area (TPSA) is 82.3 Å². The Labute approximate surface area is 181 Å². The van der Waals surface area contributed by atoms with Gasteiger partial charge in [-0.05, 0) is 60.7 Å². The van der Waals surface area contributed by atoms with E-state index in [0.717, 1.165) is 22.2 Å². The highest BCUT2D eigenvalue weighted by Crippen LogP contribution is 2.29. The Bertz CT molecular complexity index is 1240. The number of H-pyrrole nitrogens is 1. The second-order valence-corrected chi connectivity index (χ2v) is 8.67. The van der Waals surface area contributed by atoms with E-state index in [1.54, 1.807) is 17.0 Å². The molecule has 3 aromatic rings. The summed E-state index contributed by atoms with van der Waals surface area (Å²) in [7, 11) is 0. The summed E-state index contributed by atoms with van der Waals surface area (Å²) in [5.41, 5.74) is 5.21. The lowest BCUT2D eigenvalue weighted by Gasteiger charge is -2.18. The van der Waals surface area contributed by atoms with Crippen molar-refractivity contribution in [1.82, 2.24) is 4.98 Å². The lowest BCUT2D eigenvalue weighted by molar-refractivity contribution is -0.122. The zero-order valence-electron chi connectivity index (χ0n) is 18.3. The van der Waals surface area contributed by atoms with E-state index in [0.29, 0.717) is 17.7 Å². The Morgan fingerprint density at radius 3 is 2.55 bits per heavy atom. The van der Waals surface area contributed by atoms with Crippen LogP contribution >= 0.6 is 0 Å². The number of nitrogens with one attached hydrogen (secondary N) is 2. The van der Waals surface area contributed by atoms with Crippen LogP contribution in [0.15, 0.2) is 47.3 Å². The molecule has 31 heavy (non-hydrogen) atoms. The van der Waals surface area contributed by atoms with Crippen LogP contribution in [0.5, 0.6) is 0 Å². The third-order valence-corrected chi connectivity index (χ3v) is 6.06. The second kappa shape index (κ2) is 8.02. The molecule has 0 bridgehead atoms. The number of carbonyl (C=O) groups is 2. The van der Waals surface area contributed by atoms with Crippen LogP contribution in [0.1, 0.15) is 42.9 Å². The fraction of sp³-hybridized carbons (Fsp3) is 0.320. The van der Waals surface area contributed by atoms with Crippen molar-refractivity contribution in [2.75, 3.05) is 16.8 Å². The molecule has 0 aliphatic carbocycles. The number of anilines is 2. The van der Waals surface area contributed by atoms with Crippen LogP contribution in [0, 0.1) is 19.8 Å². The Morgan fingerprint density at radius 1 is 1.06 bits per heavy atom. The number of nitrogens with zero attached hydrogens (tertiary/aromatic N) is 1. The summed E-state index contributed by atoms with van der Waals surface area (Å²) in [6.45, 7) is 8.49. The number of aromatic nitrogens is 1. The van der Waals surface area contributed by atoms with Gasteiger partial charge in [0.25, 0.3) is 0 Å². The molecule has 1 atom stereocenters. The van der Waals surface area contributed by atoms with E-state index < -0.39 is 5.92 Å². The molecule has 1 saturated heterocycles. The molecular weight excluding hydrogens is 390 g/mol. The van der Waals surface area contributed by atoms with Crippen molar-refractivity contribution in [1.29, 1.82) is 0 Å². The van der Waals surface area contributed by atoms with E-state index in [2.05, 4.69) is 10.3 Å². The maximum atomic E-state index is 12.9. The van der Waals surface area contributed by atoms with Gasteiger partial charge >= 0.3 is 0 Å². The first-order valence-electron chi connectivity index (χ1n) is 10.6. The van der Waals surface area contributed by atoms with Crippen molar-refractivity contribution in [3.05, 3.63) is 69.5 Å². The summed E-state index contributed by atoms with van der Waals surface area (Å²) in [6, 6.07) is 13.0. The molecule has 4 rings (SSSR count). The van der Waals surface area contributed by atoms with Crippen molar-refractivity contribution < 1.29 is 9.59 Å². The monoisotopic (exact) mass is 417 g/mol. The van der Waals surface area contributed by atoms with E-state index in [1.165, 1.54) is 5.56 Å². The van der Waals surface area contributed by atoms with Gasteiger partial charge in [-0.15, -0.1) is 0 Å². The zero-order valence-corrected chi connectivity index (χ0v) is 18.3. The van der Waals surface area contributed by atoms with Gasteiger partial charge < -0.3 is 15.2 Å². The lowest BCUT2D eigenvalue weighted by atomic mass is 9.98. The summed E-state index contributed by atoms with van der Waals surface area (Å²) >= 11 is 0. The van der Waals surface area contributed by atoms with Crippen molar-refractivity contribution >= 4 is 34.1 Å². The van der Waals surface area contributed by atoms with Gasteiger partial charge in [-0.25, -0.2) is 0 Å². The summed E-state index contributed by atoms with van der Waals surface area (Å²) < 4.78 is 0. The Kier molecular flexibility index (Phi) is 5.39. The van der Waals surface area contributed by atoms with E-state index in [9.17, 15) is 14.4 Å². The fourth-order valence-electron chi connectivity index (χ4n) is 4.11. The number of hydrogen-bond donors (Lipinski definition) is 2. The van der Waals surface area contributed by atoms with Crippen LogP contribution in [0.25, 0.3) is 10.9 Å². The van der Waals surface area contributed by atoms with Gasteiger partial charge in [-0.1, -0.05) is 26.0 Å². The molecule has 160 valence electrons. The predicted molar refractivity (Wildman–Crippen MR) is 124 cm³/mol. The van der Waals surface area contributed by atoms with E-state index in [-0.39, 0.29) is 29.7 Å². The Morgan fingerprint density at radius 2 is 1.84 bits per heavy atom. The Balaban J connectivity index is 1.53. The average Bonchev–Trinajstić information content (AvgIpc) is 3.11. The summed E-state index contributed by atoms with van der Waals surface area (Å²) in [5, 5.41) is 3.88. The van der Waals surface area contributed by atoms with Gasteiger partial charge in [0.05, 0.1) is 11.4 Å². The number of fused-ring (bicyclic) bond motifs is 1. The van der Waals surface area contributed by atoms with Crippen LogP contribution in [0.4, 0.5) is 11.4 Å². The second-order valence-electron chi connectivity index (χ2n) is 8.67. The highest BCUT2D eigenvalue weighted by atomic mass is 16.2. The molecule has 2 aromatic carbocycles. The number of hydrogen-bond acceptors (Lipinski definition) is 3. The quantitative estimate of drug-likeness (QED) is 0.665. The molecule has 1 aromatic heterocycles. The van der Waals surface area contributed by atoms with Crippen molar-refractivity contribution in [3.63, 3.8) is 0 Å². The third-order valence-electron chi connectivity index (χ3n) is 6.06.